The molecule has 5 rings (SSSR count). The summed E-state index contributed by atoms with van der Waals surface area (Å²) in [6.45, 7) is 3.75. The minimum Gasteiger partial charge on any atom is -0.358 e. The molecule has 0 spiro atoms. The molecule has 1 atom stereocenters. The summed E-state index contributed by atoms with van der Waals surface area (Å²) >= 11 is 6.36. The Balaban J connectivity index is 1.74. The van der Waals surface area contributed by atoms with Crippen LogP contribution in [-0.2, 0) is 0 Å². The van der Waals surface area contributed by atoms with Gasteiger partial charge in [0.15, 0.2) is 11.5 Å². The molecule has 154 valence electrons. The van der Waals surface area contributed by atoms with Gasteiger partial charge in [-0.15, -0.1) is 0 Å². The van der Waals surface area contributed by atoms with Crippen LogP contribution in [0.2, 0.25) is 5.02 Å². The molecule has 1 aromatic carbocycles. The van der Waals surface area contributed by atoms with Gasteiger partial charge in [-0.1, -0.05) is 17.7 Å². The molecule has 9 nitrogen and oxygen atoms in total. The smallest absolute Gasteiger partial charge is 0.267 e. The Bertz CT molecular complexity index is 1490. The summed E-state index contributed by atoms with van der Waals surface area (Å²) in [5, 5.41) is 4.03. The number of fused-ring (bicyclic) bond motifs is 2. The summed E-state index contributed by atoms with van der Waals surface area (Å²) in [5.41, 5.74) is 2.81. The van der Waals surface area contributed by atoms with E-state index in [1.165, 1.54) is 6.33 Å². The van der Waals surface area contributed by atoms with Crippen molar-refractivity contribution in [3.63, 3.8) is 0 Å². The number of hydrogen-bond acceptors (Lipinski definition) is 7. The summed E-state index contributed by atoms with van der Waals surface area (Å²) in [5.74, 6) is 1.03. The van der Waals surface area contributed by atoms with Gasteiger partial charge in [-0.3, -0.25) is 14.3 Å². The SMILES string of the molecule is Cc1ncccc1-n1c([C@@H](C)Nc2ncnc3[nH]cnc23)nc2cccc(Cl)c2c1=O. The second kappa shape index (κ2) is 7.44. The van der Waals surface area contributed by atoms with E-state index in [-0.39, 0.29) is 5.56 Å². The van der Waals surface area contributed by atoms with Crippen molar-refractivity contribution in [2.24, 2.45) is 0 Å². The molecular weight excluding hydrogens is 416 g/mol. The standard InChI is InChI=1S/C21H17ClN8O/c1-11-15(7-4-8-23-11)30-20(29-14-6-3-5-13(22)16(14)21(30)31)12(2)28-19-17-18(25-9-24-17)26-10-27-19/h3-10,12H,1-2H3,(H2,24,25,26,27,28)/t12-/m1/s1. The Morgan fingerprint density at radius 3 is 2.84 bits per heavy atom. The number of anilines is 1. The van der Waals surface area contributed by atoms with Crippen LogP contribution in [0.1, 0.15) is 24.5 Å². The molecular formula is C21H17ClN8O. The predicted molar refractivity (Wildman–Crippen MR) is 119 cm³/mol. The van der Waals surface area contributed by atoms with Crippen molar-refractivity contribution in [1.82, 2.24) is 34.5 Å². The summed E-state index contributed by atoms with van der Waals surface area (Å²) < 4.78 is 1.55. The van der Waals surface area contributed by atoms with Gasteiger partial charge in [0.25, 0.3) is 5.56 Å². The van der Waals surface area contributed by atoms with Crippen LogP contribution in [0.15, 0.2) is 54.0 Å². The zero-order chi connectivity index (χ0) is 21.5. The molecule has 2 N–H and O–H groups in total. The van der Waals surface area contributed by atoms with Gasteiger partial charge in [0.1, 0.15) is 17.7 Å². The largest absolute Gasteiger partial charge is 0.358 e. The van der Waals surface area contributed by atoms with E-state index < -0.39 is 6.04 Å². The number of imidazole rings is 1. The van der Waals surface area contributed by atoms with E-state index in [2.05, 4.69) is 30.2 Å². The zero-order valence-electron chi connectivity index (χ0n) is 16.7. The molecule has 0 saturated carbocycles. The van der Waals surface area contributed by atoms with Crippen LogP contribution in [0.4, 0.5) is 5.82 Å². The van der Waals surface area contributed by atoms with Crippen LogP contribution in [-0.4, -0.2) is 34.5 Å². The first kappa shape index (κ1) is 19.1. The van der Waals surface area contributed by atoms with Crippen molar-refractivity contribution in [1.29, 1.82) is 0 Å². The monoisotopic (exact) mass is 432 g/mol. The number of H-pyrrole nitrogens is 1. The van der Waals surface area contributed by atoms with Crippen molar-refractivity contribution >= 4 is 39.5 Å². The van der Waals surface area contributed by atoms with Gasteiger partial charge >= 0.3 is 0 Å². The number of aromatic amines is 1. The molecule has 0 aliphatic heterocycles. The number of rotatable bonds is 4. The lowest BCUT2D eigenvalue weighted by molar-refractivity contribution is 0.727. The Kier molecular flexibility index (Phi) is 4.59. The highest BCUT2D eigenvalue weighted by Gasteiger charge is 2.21. The number of benzene rings is 1. The first-order valence-electron chi connectivity index (χ1n) is 9.58. The first-order chi connectivity index (χ1) is 15.0. The average molecular weight is 433 g/mol. The van der Waals surface area contributed by atoms with Crippen molar-refractivity contribution in [3.8, 4) is 5.69 Å². The molecule has 0 fully saturated rings. The van der Waals surface area contributed by atoms with Gasteiger partial charge in [0, 0.05) is 6.20 Å². The molecule has 0 amide bonds. The maximum absolute atomic E-state index is 13.6. The Morgan fingerprint density at radius 2 is 2.00 bits per heavy atom. The van der Waals surface area contributed by atoms with E-state index in [0.717, 1.165) is 0 Å². The lowest BCUT2D eigenvalue weighted by Gasteiger charge is -2.21. The van der Waals surface area contributed by atoms with Gasteiger partial charge < -0.3 is 10.3 Å². The van der Waals surface area contributed by atoms with E-state index >= 15 is 0 Å². The van der Waals surface area contributed by atoms with E-state index in [9.17, 15) is 4.79 Å². The maximum atomic E-state index is 13.6. The summed E-state index contributed by atoms with van der Waals surface area (Å²) in [6.07, 6.45) is 4.68. The number of nitrogens with zero attached hydrogens (tertiary/aromatic N) is 6. The zero-order valence-corrected chi connectivity index (χ0v) is 17.4. The minimum atomic E-state index is -0.398. The van der Waals surface area contributed by atoms with Crippen LogP contribution in [0.25, 0.3) is 27.8 Å². The molecule has 0 aliphatic carbocycles. The van der Waals surface area contributed by atoms with Crippen molar-refractivity contribution in [3.05, 3.63) is 76.1 Å². The second-order valence-corrected chi connectivity index (χ2v) is 7.45. The first-order valence-corrected chi connectivity index (χ1v) is 9.96. The normalized spacial score (nSPS) is 12.4. The number of halogens is 1. The Hall–Kier alpha value is -3.85. The van der Waals surface area contributed by atoms with Crippen LogP contribution in [0.5, 0.6) is 0 Å². The second-order valence-electron chi connectivity index (χ2n) is 7.04. The van der Waals surface area contributed by atoms with Crippen LogP contribution < -0.4 is 10.9 Å². The highest BCUT2D eigenvalue weighted by Crippen LogP contribution is 2.26. The van der Waals surface area contributed by atoms with Gasteiger partial charge in [0.05, 0.1) is 39.7 Å². The van der Waals surface area contributed by atoms with Crippen molar-refractivity contribution in [2.75, 3.05) is 5.32 Å². The fraction of sp³-hybridized carbons (Fsp3) is 0.143. The van der Waals surface area contributed by atoms with Crippen LogP contribution in [0.3, 0.4) is 0 Å². The summed E-state index contributed by atoms with van der Waals surface area (Å²) in [4.78, 5) is 38.4. The quantitative estimate of drug-likeness (QED) is 0.446. The fourth-order valence-electron chi connectivity index (χ4n) is 3.58. The van der Waals surface area contributed by atoms with Crippen LogP contribution >= 0.6 is 11.6 Å². The predicted octanol–water partition coefficient (Wildman–Crippen LogP) is 3.58. The summed E-state index contributed by atoms with van der Waals surface area (Å²) in [6, 6.07) is 8.45. The summed E-state index contributed by atoms with van der Waals surface area (Å²) in [7, 11) is 0. The number of aromatic nitrogens is 7. The van der Waals surface area contributed by atoms with Crippen LogP contribution in [0, 0.1) is 6.92 Å². The molecule has 0 bridgehead atoms. The molecule has 4 aromatic heterocycles. The molecule has 31 heavy (non-hydrogen) atoms. The number of hydrogen-bond donors (Lipinski definition) is 2. The average Bonchev–Trinajstić information content (AvgIpc) is 3.24. The molecule has 5 aromatic rings. The van der Waals surface area contributed by atoms with Gasteiger partial charge in [-0.05, 0) is 38.1 Å². The topological polar surface area (TPSA) is 114 Å². The molecule has 0 unspecified atom stereocenters. The highest BCUT2D eigenvalue weighted by atomic mass is 35.5. The third-order valence-corrected chi connectivity index (χ3v) is 5.37. The van der Waals surface area contributed by atoms with Gasteiger partial charge in [-0.2, -0.15) is 0 Å². The fourth-order valence-corrected chi connectivity index (χ4v) is 3.83. The number of pyridine rings is 1. The lowest BCUT2D eigenvalue weighted by atomic mass is 10.2. The number of nitrogens with one attached hydrogen (secondary N) is 2. The maximum Gasteiger partial charge on any atom is 0.267 e. The highest BCUT2D eigenvalue weighted by molar-refractivity contribution is 6.35. The Morgan fingerprint density at radius 1 is 1.13 bits per heavy atom. The van der Waals surface area contributed by atoms with E-state index in [4.69, 9.17) is 16.6 Å². The van der Waals surface area contributed by atoms with Gasteiger partial charge in [0.2, 0.25) is 0 Å². The molecule has 0 saturated heterocycles. The van der Waals surface area contributed by atoms with Crippen molar-refractivity contribution < 1.29 is 0 Å². The van der Waals surface area contributed by atoms with E-state index in [1.807, 2.05) is 19.9 Å². The lowest BCUT2D eigenvalue weighted by Crippen LogP contribution is -2.28. The molecule has 4 heterocycles. The van der Waals surface area contributed by atoms with Crippen molar-refractivity contribution in [2.45, 2.75) is 19.9 Å². The molecule has 0 radical (unpaired) electrons. The number of aryl methyl sites for hydroxylation is 1. The minimum absolute atomic E-state index is 0.261. The van der Waals surface area contributed by atoms with Gasteiger partial charge in [-0.25, -0.2) is 19.9 Å². The van der Waals surface area contributed by atoms with E-state index in [1.54, 1.807) is 41.4 Å². The molecule has 10 heteroatoms. The third kappa shape index (κ3) is 3.19. The van der Waals surface area contributed by atoms with E-state index in [0.29, 0.717) is 50.1 Å². The molecule has 0 aliphatic rings. The Labute approximate surface area is 181 Å². The third-order valence-electron chi connectivity index (χ3n) is 5.05.